The number of nitrogens with zero attached hydrogens (tertiary/aromatic N) is 3. The summed E-state index contributed by atoms with van der Waals surface area (Å²) in [6, 6.07) is 11.9. The Balaban J connectivity index is 2.13. The van der Waals surface area contributed by atoms with Crippen LogP contribution in [0.1, 0.15) is 0 Å². The first kappa shape index (κ1) is 13.8. The second kappa shape index (κ2) is 5.69. The zero-order valence-corrected chi connectivity index (χ0v) is 11.8. The van der Waals surface area contributed by atoms with Crippen LogP contribution in [0.25, 0.3) is 22.5 Å². The predicted octanol–water partition coefficient (Wildman–Crippen LogP) is 2.93. The fraction of sp³-hybridized carbons (Fsp3) is 0.0625. The van der Waals surface area contributed by atoms with Gasteiger partial charge in [0.2, 0.25) is 0 Å². The van der Waals surface area contributed by atoms with Gasteiger partial charge >= 0.3 is 6.09 Å². The first-order valence-electron chi connectivity index (χ1n) is 6.57. The minimum absolute atomic E-state index is 0.153. The minimum atomic E-state index is -0.585. The average molecular weight is 295 g/mol. The smallest absolute Gasteiger partial charge is 0.434 e. The fourth-order valence-electron chi connectivity index (χ4n) is 2.10. The molecule has 0 saturated carbocycles. The molecule has 0 aliphatic heterocycles. The highest BCUT2D eigenvalue weighted by Crippen LogP contribution is 2.27. The summed E-state index contributed by atoms with van der Waals surface area (Å²) < 4.78 is 5.96. The fourth-order valence-corrected chi connectivity index (χ4v) is 2.10. The number of hydrogen-bond donors (Lipinski definition) is 1. The second-order valence-electron chi connectivity index (χ2n) is 4.59. The van der Waals surface area contributed by atoms with E-state index in [1.165, 1.54) is 11.8 Å². The Kier molecular flexibility index (Phi) is 3.57. The molecule has 0 aliphatic rings. The predicted molar refractivity (Wildman–Crippen MR) is 80.4 cm³/mol. The molecule has 22 heavy (non-hydrogen) atoms. The lowest BCUT2D eigenvalue weighted by Gasteiger charge is -2.04. The first-order chi connectivity index (χ1) is 10.7. The van der Waals surface area contributed by atoms with Crippen LogP contribution in [-0.2, 0) is 4.74 Å². The summed E-state index contributed by atoms with van der Waals surface area (Å²) in [5, 5.41) is 13.7. The molecule has 110 valence electrons. The Morgan fingerprint density at radius 1 is 1.18 bits per heavy atom. The van der Waals surface area contributed by atoms with Crippen LogP contribution in [0, 0.1) is 0 Å². The monoisotopic (exact) mass is 295 g/mol. The van der Waals surface area contributed by atoms with E-state index < -0.39 is 6.09 Å². The summed E-state index contributed by atoms with van der Waals surface area (Å²) in [6.07, 6.45) is 2.75. The first-order valence-corrected chi connectivity index (χ1v) is 6.57. The van der Waals surface area contributed by atoms with Gasteiger partial charge in [0.25, 0.3) is 0 Å². The Labute approximate surface area is 126 Å². The third-order valence-corrected chi connectivity index (χ3v) is 3.18. The van der Waals surface area contributed by atoms with Crippen molar-refractivity contribution in [2.45, 2.75) is 0 Å². The number of pyridine rings is 1. The molecule has 6 nitrogen and oxygen atoms in total. The molecule has 0 amide bonds. The van der Waals surface area contributed by atoms with Gasteiger partial charge in [-0.2, -0.15) is 9.78 Å². The molecule has 0 fully saturated rings. The maximum absolute atomic E-state index is 11.9. The quantitative estimate of drug-likeness (QED) is 0.786. The van der Waals surface area contributed by atoms with Crippen molar-refractivity contribution in [3.8, 4) is 28.3 Å². The second-order valence-corrected chi connectivity index (χ2v) is 4.59. The molecular weight excluding hydrogens is 282 g/mol. The van der Waals surface area contributed by atoms with Crippen LogP contribution >= 0.6 is 0 Å². The third kappa shape index (κ3) is 2.54. The van der Waals surface area contributed by atoms with Gasteiger partial charge in [-0.15, -0.1) is 0 Å². The van der Waals surface area contributed by atoms with Crippen molar-refractivity contribution in [1.82, 2.24) is 14.8 Å². The van der Waals surface area contributed by atoms with E-state index in [0.29, 0.717) is 11.4 Å². The number of carbonyl (C=O) groups excluding carboxylic acids is 1. The molecule has 0 bridgehead atoms. The largest absolute Gasteiger partial charge is 0.508 e. The van der Waals surface area contributed by atoms with Gasteiger partial charge in [-0.3, -0.25) is 4.98 Å². The molecule has 6 heteroatoms. The highest BCUT2D eigenvalue weighted by atomic mass is 16.5. The number of aromatic nitrogens is 3. The molecule has 0 atom stereocenters. The van der Waals surface area contributed by atoms with Crippen LogP contribution in [-0.4, -0.2) is 33.1 Å². The van der Waals surface area contributed by atoms with E-state index in [4.69, 9.17) is 4.74 Å². The van der Waals surface area contributed by atoms with Gasteiger partial charge in [-0.1, -0.05) is 0 Å². The molecule has 0 saturated heterocycles. The summed E-state index contributed by atoms with van der Waals surface area (Å²) in [5.74, 6) is 0.153. The van der Waals surface area contributed by atoms with Crippen molar-refractivity contribution in [2.24, 2.45) is 0 Å². The molecule has 0 unspecified atom stereocenters. The van der Waals surface area contributed by atoms with E-state index in [9.17, 15) is 9.90 Å². The van der Waals surface area contributed by atoms with Crippen LogP contribution in [0.5, 0.6) is 5.75 Å². The van der Waals surface area contributed by atoms with Crippen molar-refractivity contribution in [3.63, 3.8) is 0 Å². The van der Waals surface area contributed by atoms with Crippen molar-refractivity contribution >= 4 is 6.09 Å². The Morgan fingerprint density at radius 2 is 1.95 bits per heavy atom. The molecule has 2 aromatic heterocycles. The summed E-state index contributed by atoms with van der Waals surface area (Å²) in [5.41, 5.74) is 2.73. The number of hydrogen-bond acceptors (Lipinski definition) is 5. The van der Waals surface area contributed by atoms with Crippen molar-refractivity contribution in [3.05, 3.63) is 54.9 Å². The van der Waals surface area contributed by atoms with Crippen LogP contribution in [0.4, 0.5) is 4.79 Å². The normalized spacial score (nSPS) is 10.4. The van der Waals surface area contributed by atoms with Crippen molar-refractivity contribution in [2.75, 3.05) is 7.11 Å². The molecule has 0 aliphatic carbocycles. The number of phenolic OH excluding ortho intramolecular Hbond substituents is 1. The number of phenols is 1. The number of aromatic hydroxyl groups is 1. The van der Waals surface area contributed by atoms with Gasteiger partial charge in [-0.05, 0) is 42.5 Å². The van der Waals surface area contributed by atoms with Crippen LogP contribution in [0.15, 0.2) is 54.9 Å². The Bertz CT molecular complexity index is 795. The molecule has 1 aromatic carbocycles. The number of carbonyl (C=O) groups is 1. The molecule has 1 N–H and O–H groups in total. The van der Waals surface area contributed by atoms with Crippen LogP contribution in [0.2, 0.25) is 0 Å². The topological polar surface area (TPSA) is 77.2 Å². The van der Waals surface area contributed by atoms with E-state index in [1.807, 2.05) is 6.07 Å². The third-order valence-electron chi connectivity index (χ3n) is 3.18. The highest BCUT2D eigenvalue weighted by Gasteiger charge is 2.17. The van der Waals surface area contributed by atoms with E-state index in [0.717, 1.165) is 11.1 Å². The number of rotatable bonds is 2. The molecule has 2 heterocycles. The number of methoxy groups -OCH3 is 1. The Hall–Kier alpha value is -3.15. The van der Waals surface area contributed by atoms with Gasteiger partial charge in [0.05, 0.1) is 18.5 Å². The van der Waals surface area contributed by atoms with E-state index in [-0.39, 0.29) is 5.75 Å². The minimum Gasteiger partial charge on any atom is -0.508 e. The van der Waals surface area contributed by atoms with Crippen LogP contribution in [0.3, 0.4) is 0 Å². The van der Waals surface area contributed by atoms with E-state index in [1.54, 1.807) is 48.8 Å². The number of benzene rings is 1. The van der Waals surface area contributed by atoms with Gasteiger partial charge in [0.1, 0.15) is 5.75 Å². The maximum atomic E-state index is 11.9. The number of ether oxygens (including phenoxy) is 1. The van der Waals surface area contributed by atoms with Gasteiger partial charge in [0, 0.05) is 23.5 Å². The molecule has 0 spiro atoms. The summed E-state index contributed by atoms with van der Waals surface area (Å²) in [6.45, 7) is 0. The summed E-state index contributed by atoms with van der Waals surface area (Å²) >= 11 is 0. The zero-order valence-electron chi connectivity index (χ0n) is 11.8. The van der Waals surface area contributed by atoms with Gasteiger partial charge in [0.15, 0.2) is 0 Å². The van der Waals surface area contributed by atoms with Crippen molar-refractivity contribution < 1.29 is 14.6 Å². The Morgan fingerprint density at radius 3 is 2.59 bits per heavy atom. The molecular formula is C16H13N3O3. The van der Waals surface area contributed by atoms with Crippen LogP contribution < -0.4 is 0 Å². The lowest BCUT2D eigenvalue weighted by molar-refractivity contribution is 0.170. The summed E-state index contributed by atoms with van der Waals surface area (Å²) in [7, 11) is 1.30. The van der Waals surface area contributed by atoms with E-state index in [2.05, 4.69) is 10.1 Å². The van der Waals surface area contributed by atoms with Gasteiger partial charge < -0.3 is 9.84 Å². The van der Waals surface area contributed by atoms with Gasteiger partial charge in [-0.25, -0.2) is 4.79 Å². The highest BCUT2D eigenvalue weighted by molar-refractivity contribution is 5.80. The molecule has 3 aromatic rings. The lowest BCUT2D eigenvalue weighted by Crippen LogP contribution is -2.14. The summed E-state index contributed by atoms with van der Waals surface area (Å²) in [4.78, 5) is 16.0. The van der Waals surface area contributed by atoms with E-state index >= 15 is 0 Å². The SMILES string of the molecule is COC(=O)n1nc(-c2cccnc2)cc1-c1ccc(O)cc1. The molecule has 3 rings (SSSR count). The van der Waals surface area contributed by atoms with Crippen molar-refractivity contribution in [1.29, 1.82) is 0 Å². The standard InChI is InChI=1S/C16H13N3O3/c1-22-16(21)19-15(11-4-6-13(20)7-5-11)9-14(18-19)12-3-2-8-17-10-12/h2-10,20H,1H3. The lowest BCUT2D eigenvalue weighted by atomic mass is 10.1. The maximum Gasteiger partial charge on any atom is 0.434 e. The average Bonchev–Trinajstić information content (AvgIpc) is 3.01. The zero-order chi connectivity index (χ0) is 15.5. The molecule has 0 radical (unpaired) electrons.